The van der Waals surface area contributed by atoms with Crippen molar-refractivity contribution in [1.29, 1.82) is 0 Å². The first-order chi connectivity index (χ1) is 13.7. The molecule has 0 radical (unpaired) electrons. The van der Waals surface area contributed by atoms with Crippen LogP contribution in [-0.2, 0) is 19.6 Å². The number of hydrogen-bond acceptors (Lipinski definition) is 5. The number of carbonyl (C=O) groups excluding carboxylic acids is 2. The highest BCUT2D eigenvalue weighted by atomic mass is 35.5. The Morgan fingerprint density at radius 2 is 1.76 bits per heavy atom. The molecule has 0 aliphatic heterocycles. The quantitative estimate of drug-likeness (QED) is 0.617. The van der Waals surface area contributed by atoms with Crippen molar-refractivity contribution in [3.63, 3.8) is 0 Å². The van der Waals surface area contributed by atoms with Crippen LogP contribution in [0.2, 0.25) is 5.02 Å². The Balaban J connectivity index is 1.99. The average Bonchev–Trinajstić information content (AvgIpc) is 2.72. The monoisotopic (exact) mass is 438 g/mol. The number of halogens is 1. The van der Waals surface area contributed by atoms with Crippen LogP contribution >= 0.6 is 11.6 Å². The van der Waals surface area contributed by atoms with Crippen LogP contribution in [0.25, 0.3) is 0 Å². The second kappa shape index (κ2) is 9.87. The molecular weight excluding hydrogens is 416 g/mol. The van der Waals surface area contributed by atoms with Gasteiger partial charge in [0.15, 0.2) is 6.10 Å². The summed E-state index contributed by atoms with van der Waals surface area (Å²) in [6.07, 6.45) is -1.05. The van der Waals surface area contributed by atoms with Crippen molar-refractivity contribution in [3.05, 3.63) is 64.7 Å². The van der Waals surface area contributed by atoms with E-state index in [1.54, 1.807) is 0 Å². The summed E-state index contributed by atoms with van der Waals surface area (Å²) >= 11 is 5.91. The van der Waals surface area contributed by atoms with Gasteiger partial charge in [-0.2, -0.15) is 0 Å². The van der Waals surface area contributed by atoms with E-state index in [4.69, 9.17) is 16.3 Å². The molecular formula is C20H23ClN2O5S. The van der Waals surface area contributed by atoms with Gasteiger partial charge in [-0.15, -0.1) is 0 Å². The lowest BCUT2D eigenvalue weighted by Crippen LogP contribution is -2.37. The second-order valence-corrected chi connectivity index (χ2v) is 8.72. The molecule has 2 aromatic rings. The molecule has 0 aromatic heterocycles. The zero-order valence-corrected chi connectivity index (χ0v) is 17.9. The van der Waals surface area contributed by atoms with Gasteiger partial charge in [-0.25, -0.2) is 17.9 Å². The Hall–Kier alpha value is -2.42. The summed E-state index contributed by atoms with van der Waals surface area (Å²) < 4.78 is 31.3. The summed E-state index contributed by atoms with van der Waals surface area (Å²) in [6, 6.07) is 13.4. The smallest absolute Gasteiger partial charge is 0.338 e. The lowest BCUT2D eigenvalue weighted by molar-refractivity contribution is -0.129. The maximum atomic E-state index is 12.3. The van der Waals surface area contributed by atoms with E-state index >= 15 is 0 Å². The summed E-state index contributed by atoms with van der Waals surface area (Å²) in [5.74, 6) is -1.18. The van der Waals surface area contributed by atoms with E-state index in [2.05, 4.69) is 10.0 Å². The lowest BCUT2D eigenvalue weighted by Gasteiger charge is -2.17. The molecule has 0 saturated heterocycles. The molecule has 0 aliphatic rings. The molecule has 0 saturated carbocycles. The fraction of sp³-hybridized carbons (Fsp3) is 0.300. The number of benzene rings is 2. The van der Waals surface area contributed by atoms with Crippen LogP contribution in [0.1, 0.15) is 35.7 Å². The molecule has 156 valence electrons. The normalized spacial score (nSPS) is 13.4. The maximum absolute atomic E-state index is 12.3. The molecule has 0 fully saturated rings. The summed E-state index contributed by atoms with van der Waals surface area (Å²) in [4.78, 5) is 24.3. The number of esters is 1. The Bertz CT molecular complexity index is 980. The van der Waals surface area contributed by atoms with Crippen molar-refractivity contribution in [2.24, 2.45) is 0 Å². The average molecular weight is 439 g/mol. The van der Waals surface area contributed by atoms with Crippen molar-refractivity contribution in [2.75, 3.05) is 13.6 Å². The van der Waals surface area contributed by atoms with Gasteiger partial charge in [0.1, 0.15) is 4.90 Å². The molecule has 2 N–H and O–H groups in total. The first-order valence-corrected chi connectivity index (χ1v) is 10.8. The van der Waals surface area contributed by atoms with E-state index < -0.39 is 28.0 Å². The van der Waals surface area contributed by atoms with E-state index in [0.717, 1.165) is 11.6 Å². The lowest BCUT2D eigenvalue weighted by atomic mass is 10.0. The molecule has 0 bridgehead atoms. The zero-order chi connectivity index (χ0) is 21.6. The predicted octanol–water partition coefficient (Wildman–Crippen LogP) is 2.71. The molecule has 7 nitrogen and oxygen atoms in total. The topological polar surface area (TPSA) is 102 Å². The first-order valence-electron chi connectivity index (χ1n) is 8.92. The van der Waals surface area contributed by atoms with Crippen LogP contribution in [0.4, 0.5) is 0 Å². The third-order valence-electron chi connectivity index (χ3n) is 4.33. The van der Waals surface area contributed by atoms with Gasteiger partial charge in [0, 0.05) is 6.54 Å². The zero-order valence-electron chi connectivity index (χ0n) is 16.3. The van der Waals surface area contributed by atoms with Gasteiger partial charge < -0.3 is 10.1 Å². The van der Waals surface area contributed by atoms with Crippen molar-refractivity contribution < 1.29 is 22.7 Å². The Labute approximate surface area is 175 Å². The van der Waals surface area contributed by atoms with Gasteiger partial charge in [0.05, 0.1) is 10.6 Å². The fourth-order valence-corrected chi connectivity index (χ4v) is 3.77. The van der Waals surface area contributed by atoms with Crippen LogP contribution in [-0.4, -0.2) is 40.0 Å². The highest BCUT2D eigenvalue weighted by Gasteiger charge is 2.22. The molecule has 2 aromatic carbocycles. The molecule has 0 heterocycles. The standard InChI is InChI=1S/C20H23ClN2O5S/c1-13(15-7-5-4-6-8-15)12-23-19(24)14(2)28-20(25)16-9-10-17(21)18(11-16)29(26,27)22-3/h4-11,13-14,22H,12H2,1-3H3,(H,23,24). The summed E-state index contributed by atoms with van der Waals surface area (Å²) in [5.41, 5.74) is 1.05. The molecule has 9 heteroatoms. The SMILES string of the molecule is CNS(=O)(=O)c1cc(C(=O)OC(C)C(=O)NCC(C)c2ccccc2)ccc1Cl. The van der Waals surface area contributed by atoms with E-state index in [-0.39, 0.29) is 21.4 Å². The van der Waals surface area contributed by atoms with Crippen LogP contribution in [0.5, 0.6) is 0 Å². The molecule has 0 aliphatic carbocycles. The largest absolute Gasteiger partial charge is 0.449 e. The summed E-state index contributed by atoms with van der Waals surface area (Å²) in [5, 5.41) is 2.72. The molecule has 2 atom stereocenters. The molecule has 1 amide bonds. The maximum Gasteiger partial charge on any atom is 0.338 e. The van der Waals surface area contributed by atoms with Crippen LogP contribution in [0.3, 0.4) is 0 Å². The van der Waals surface area contributed by atoms with Gasteiger partial charge in [0.2, 0.25) is 10.0 Å². The van der Waals surface area contributed by atoms with E-state index in [1.807, 2.05) is 37.3 Å². The molecule has 2 unspecified atom stereocenters. The third-order valence-corrected chi connectivity index (χ3v) is 6.23. The molecule has 0 spiro atoms. The van der Waals surface area contributed by atoms with Gasteiger partial charge in [-0.05, 0) is 43.7 Å². The van der Waals surface area contributed by atoms with E-state index in [9.17, 15) is 18.0 Å². The van der Waals surface area contributed by atoms with E-state index in [1.165, 1.54) is 26.1 Å². The summed E-state index contributed by atoms with van der Waals surface area (Å²) in [7, 11) is -2.61. The van der Waals surface area contributed by atoms with Crippen LogP contribution in [0.15, 0.2) is 53.4 Å². The number of sulfonamides is 1. The Morgan fingerprint density at radius 3 is 2.38 bits per heavy atom. The van der Waals surface area contributed by atoms with Crippen molar-refractivity contribution in [1.82, 2.24) is 10.0 Å². The molecule has 29 heavy (non-hydrogen) atoms. The van der Waals surface area contributed by atoms with Gasteiger partial charge in [-0.3, -0.25) is 4.79 Å². The van der Waals surface area contributed by atoms with Gasteiger partial charge in [0.25, 0.3) is 5.91 Å². The van der Waals surface area contributed by atoms with Crippen LogP contribution in [0, 0.1) is 0 Å². The predicted molar refractivity (Wildman–Crippen MR) is 110 cm³/mol. The third kappa shape index (κ3) is 6.03. The number of hydrogen-bond donors (Lipinski definition) is 2. The number of rotatable bonds is 8. The summed E-state index contributed by atoms with van der Waals surface area (Å²) in [6.45, 7) is 3.81. The van der Waals surface area contributed by atoms with Crippen molar-refractivity contribution >= 4 is 33.5 Å². The van der Waals surface area contributed by atoms with Gasteiger partial charge in [-0.1, -0.05) is 48.9 Å². The highest BCUT2D eigenvalue weighted by Crippen LogP contribution is 2.23. The number of amides is 1. The minimum Gasteiger partial charge on any atom is -0.449 e. The van der Waals surface area contributed by atoms with Crippen molar-refractivity contribution in [3.8, 4) is 0 Å². The second-order valence-electron chi connectivity index (χ2n) is 6.46. The minimum absolute atomic E-state index is 0.0273. The van der Waals surface area contributed by atoms with Crippen molar-refractivity contribution in [2.45, 2.75) is 30.8 Å². The number of carbonyl (C=O) groups is 2. The minimum atomic E-state index is -3.84. The Kier molecular flexibility index (Phi) is 7.78. The Morgan fingerprint density at radius 1 is 1.10 bits per heavy atom. The number of nitrogens with one attached hydrogen (secondary N) is 2. The highest BCUT2D eigenvalue weighted by molar-refractivity contribution is 7.89. The van der Waals surface area contributed by atoms with Crippen LogP contribution < -0.4 is 10.0 Å². The fourth-order valence-electron chi connectivity index (χ4n) is 2.53. The number of ether oxygens (including phenoxy) is 1. The van der Waals surface area contributed by atoms with Gasteiger partial charge >= 0.3 is 5.97 Å². The molecule has 2 rings (SSSR count). The van der Waals surface area contributed by atoms with E-state index in [0.29, 0.717) is 6.54 Å². The first kappa shape index (κ1) is 22.9.